The number of amides is 1. The molecule has 0 bridgehead atoms. The lowest BCUT2D eigenvalue weighted by Crippen LogP contribution is -2.57. The third kappa shape index (κ3) is 5.44. The Bertz CT molecular complexity index is 1680. The van der Waals surface area contributed by atoms with Crippen LogP contribution in [0.25, 0.3) is 15.6 Å². The molecule has 4 aliphatic heterocycles. The molecule has 0 aliphatic carbocycles. The molecular formula is C33H37FN8O3. The Hall–Kier alpha value is -4.34. The van der Waals surface area contributed by atoms with Gasteiger partial charge in [-0.2, -0.15) is 9.97 Å². The van der Waals surface area contributed by atoms with Gasteiger partial charge in [-0.05, 0) is 50.2 Å². The highest BCUT2D eigenvalue weighted by Crippen LogP contribution is 2.40. The highest BCUT2D eigenvalue weighted by molar-refractivity contribution is 5.91. The summed E-state index contributed by atoms with van der Waals surface area (Å²) in [5.41, 5.74) is 8.64. The van der Waals surface area contributed by atoms with Crippen molar-refractivity contribution in [1.29, 1.82) is 0 Å². The number of anilines is 2. The fourth-order valence-corrected chi connectivity index (χ4v) is 7.62. The topological polar surface area (TPSA) is 114 Å². The predicted octanol–water partition coefficient (Wildman–Crippen LogP) is 3.85. The van der Waals surface area contributed by atoms with Gasteiger partial charge in [0.25, 0.3) is 5.91 Å². The molecule has 11 nitrogen and oxygen atoms in total. The molecule has 2 atom stereocenters. The van der Waals surface area contributed by atoms with Crippen molar-refractivity contribution in [3.8, 4) is 6.01 Å². The monoisotopic (exact) mass is 612 g/mol. The predicted molar refractivity (Wildman–Crippen MR) is 167 cm³/mol. The summed E-state index contributed by atoms with van der Waals surface area (Å²) in [4.78, 5) is 36.6. The molecule has 0 radical (unpaired) electrons. The number of nitrogen functional groups attached to an aromatic ring is 1. The average Bonchev–Trinajstić information content (AvgIpc) is 3.63. The van der Waals surface area contributed by atoms with Crippen molar-refractivity contribution in [2.45, 2.75) is 56.4 Å². The van der Waals surface area contributed by atoms with E-state index in [1.54, 1.807) is 0 Å². The summed E-state index contributed by atoms with van der Waals surface area (Å²) in [5, 5.41) is 1.97. The van der Waals surface area contributed by atoms with Crippen molar-refractivity contribution < 1.29 is 18.7 Å². The third-order valence-electron chi connectivity index (χ3n) is 9.81. The first-order valence-electron chi connectivity index (χ1n) is 15.6. The molecule has 0 spiro atoms. The summed E-state index contributed by atoms with van der Waals surface area (Å²) in [6.07, 6.45) is 4.60. The molecule has 3 aromatic rings. The number of fused-ring (bicyclic) bond motifs is 3. The number of carbonyl (C=O) groups is 1. The molecule has 1 aromatic carbocycles. The first-order valence-corrected chi connectivity index (χ1v) is 15.6. The molecule has 6 heterocycles. The Balaban J connectivity index is 1.23. The van der Waals surface area contributed by atoms with Gasteiger partial charge < -0.3 is 29.9 Å². The molecule has 12 heteroatoms. The maximum Gasteiger partial charge on any atom is 0.318 e. The molecule has 2 aromatic heterocycles. The van der Waals surface area contributed by atoms with E-state index < -0.39 is 17.8 Å². The zero-order valence-electron chi connectivity index (χ0n) is 25.3. The largest absolute Gasteiger partial charge is 0.461 e. The van der Waals surface area contributed by atoms with Gasteiger partial charge in [-0.3, -0.25) is 9.69 Å². The van der Waals surface area contributed by atoms with Gasteiger partial charge in [0.1, 0.15) is 30.4 Å². The molecule has 45 heavy (non-hydrogen) atoms. The van der Waals surface area contributed by atoms with Gasteiger partial charge in [-0.25, -0.2) is 15.9 Å². The minimum atomic E-state index is -1.03. The van der Waals surface area contributed by atoms with E-state index in [2.05, 4.69) is 21.3 Å². The van der Waals surface area contributed by atoms with Crippen LogP contribution in [0.15, 0.2) is 42.7 Å². The molecule has 3 saturated heterocycles. The number of pyridine rings is 1. The van der Waals surface area contributed by atoms with Crippen LogP contribution in [0.5, 0.6) is 6.01 Å². The lowest BCUT2D eigenvalue weighted by molar-refractivity contribution is -0.131. The molecule has 3 fully saturated rings. The number of benzene rings is 1. The molecule has 4 aliphatic rings. The van der Waals surface area contributed by atoms with Crippen LogP contribution in [0.3, 0.4) is 0 Å². The van der Waals surface area contributed by atoms with Crippen LogP contribution in [-0.2, 0) is 22.6 Å². The number of aromatic nitrogens is 3. The van der Waals surface area contributed by atoms with E-state index in [1.165, 1.54) is 4.90 Å². The normalized spacial score (nSPS) is 22.6. The SMILES string of the molecule is [C-]#[N+]C[C@@H]1CN(c2nc(OCC34CCCN3CCC4)nc3c2COC(c2nc(N)cc4ccccc24)C3)CCN1C(=O)C(=C)F. The smallest absolute Gasteiger partial charge is 0.318 e. The number of carbonyl (C=O) groups excluding carboxylic acids is 1. The van der Waals surface area contributed by atoms with E-state index in [0.29, 0.717) is 43.8 Å². The molecule has 0 saturated carbocycles. The fraction of sp³-hybridized carbons (Fsp3) is 0.485. The standard InChI is InChI=1S/C33H37FN8O3/c1-21(34)31(43)42-14-13-40(18-23(42)17-36-2)30-25-19-44-27(29-24-8-4-3-7-22(24)15-28(35)38-29)16-26(25)37-32(39-30)45-20-33-9-5-11-41(33)12-6-10-33/h3-4,7-8,15,23,27H,1,5-6,9-14,16-20H2,(H2,35,38)/t23-,27?/m1/s1. The van der Waals surface area contributed by atoms with Crippen molar-refractivity contribution in [1.82, 2.24) is 24.8 Å². The van der Waals surface area contributed by atoms with Gasteiger partial charge in [-0.15, -0.1) is 0 Å². The van der Waals surface area contributed by atoms with Crippen LogP contribution in [-0.4, -0.2) is 88.1 Å². The molecular weight excluding hydrogens is 575 g/mol. The average molecular weight is 613 g/mol. The molecule has 1 amide bonds. The van der Waals surface area contributed by atoms with Gasteiger partial charge in [0, 0.05) is 37.0 Å². The molecule has 2 N–H and O–H groups in total. The van der Waals surface area contributed by atoms with Gasteiger partial charge in [0.15, 0.2) is 5.83 Å². The highest BCUT2D eigenvalue weighted by Gasteiger charge is 2.45. The molecule has 1 unspecified atom stereocenters. The summed E-state index contributed by atoms with van der Waals surface area (Å²) in [7, 11) is 0. The number of hydrogen-bond donors (Lipinski definition) is 1. The van der Waals surface area contributed by atoms with Gasteiger partial charge >= 0.3 is 6.01 Å². The second kappa shape index (κ2) is 11.9. The number of ether oxygens (including phenoxy) is 2. The van der Waals surface area contributed by atoms with Crippen LogP contribution >= 0.6 is 0 Å². The number of hydrogen-bond acceptors (Lipinski definition) is 9. The summed E-state index contributed by atoms with van der Waals surface area (Å²) in [6.45, 7) is 14.6. The number of nitrogens with zero attached hydrogens (tertiary/aromatic N) is 7. The Kier molecular flexibility index (Phi) is 7.75. The van der Waals surface area contributed by atoms with E-state index in [9.17, 15) is 9.18 Å². The van der Waals surface area contributed by atoms with Gasteiger partial charge in [0.2, 0.25) is 6.54 Å². The van der Waals surface area contributed by atoms with E-state index >= 15 is 0 Å². The van der Waals surface area contributed by atoms with Crippen molar-refractivity contribution in [2.75, 3.05) is 56.5 Å². The van der Waals surface area contributed by atoms with Crippen LogP contribution in [0.4, 0.5) is 16.0 Å². The lowest BCUT2D eigenvalue weighted by atomic mass is 9.95. The third-order valence-corrected chi connectivity index (χ3v) is 9.81. The Morgan fingerprint density at radius 3 is 2.76 bits per heavy atom. The zero-order chi connectivity index (χ0) is 31.1. The minimum absolute atomic E-state index is 0.0247. The van der Waals surface area contributed by atoms with Crippen LogP contribution in [0.1, 0.15) is 48.7 Å². The Labute approximate surface area is 261 Å². The Morgan fingerprint density at radius 1 is 1.18 bits per heavy atom. The van der Waals surface area contributed by atoms with Crippen molar-refractivity contribution in [3.05, 3.63) is 71.1 Å². The van der Waals surface area contributed by atoms with Crippen LogP contribution < -0.4 is 15.4 Å². The van der Waals surface area contributed by atoms with Gasteiger partial charge in [-0.1, -0.05) is 30.8 Å². The number of halogens is 1. The van der Waals surface area contributed by atoms with E-state index in [0.717, 1.165) is 66.5 Å². The summed E-state index contributed by atoms with van der Waals surface area (Å²) < 4.78 is 26.7. The quantitative estimate of drug-likeness (QED) is 0.314. The van der Waals surface area contributed by atoms with Crippen molar-refractivity contribution in [3.63, 3.8) is 0 Å². The fourth-order valence-electron chi connectivity index (χ4n) is 7.62. The minimum Gasteiger partial charge on any atom is -0.461 e. The number of nitrogens with two attached hydrogens (primary N) is 1. The molecule has 234 valence electrons. The van der Waals surface area contributed by atoms with Crippen LogP contribution in [0.2, 0.25) is 0 Å². The number of rotatable bonds is 7. The maximum atomic E-state index is 13.8. The van der Waals surface area contributed by atoms with E-state index in [1.807, 2.05) is 35.2 Å². The number of piperazine rings is 1. The van der Waals surface area contributed by atoms with Crippen molar-refractivity contribution in [2.24, 2.45) is 0 Å². The second-order valence-corrected chi connectivity index (χ2v) is 12.5. The Morgan fingerprint density at radius 2 is 1.98 bits per heavy atom. The summed E-state index contributed by atoms with van der Waals surface area (Å²) in [5.74, 6) is -0.714. The van der Waals surface area contributed by atoms with Gasteiger partial charge in [0.05, 0.1) is 23.5 Å². The first-order chi connectivity index (χ1) is 21.8. The lowest BCUT2D eigenvalue weighted by Gasteiger charge is -2.40. The summed E-state index contributed by atoms with van der Waals surface area (Å²) in [6, 6.07) is 9.63. The van der Waals surface area contributed by atoms with Crippen LogP contribution in [0, 0.1) is 6.57 Å². The molecule has 7 rings (SSSR count). The van der Waals surface area contributed by atoms with Crippen molar-refractivity contribution >= 4 is 28.3 Å². The second-order valence-electron chi connectivity index (χ2n) is 12.5. The van der Waals surface area contributed by atoms with E-state index in [-0.39, 0.29) is 31.3 Å². The van der Waals surface area contributed by atoms with E-state index in [4.69, 9.17) is 31.7 Å². The first kappa shape index (κ1) is 29.4. The maximum absolute atomic E-state index is 13.8. The zero-order valence-corrected chi connectivity index (χ0v) is 25.3. The highest BCUT2D eigenvalue weighted by atomic mass is 19.1. The summed E-state index contributed by atoms with van der Waals surface area (Å²) >= 11 is 0.